The van der Waals surface area contributed by atoms with Crippen molar-refractivity contribution in [2.24, 2.45) is 5.41 Å². The molecule has 3 aromatic rings. The van der Waals surface area contributed by atoms with Gasteiger partial charge in [0.15, 0.2) is 11.6 Å². The molecule has 27 heavy (non-hydrogen) atoms. The molecular formula is C18H17ClF3N5. The van der Waals surface area contributed by atoms with Crippen molar-refractivity contribution in [3.8, 4) is 11.1 Å². The lowest BCUT2D eigenvalue weighted by Gasteiger charge is -2.40. The van der Waals surface area contributed by atoms with Gasteiger partial charge in [-0.3, -0.25) is 0 Å². The molecule has 2 aromatic heterocycles. The number of hydrogen-bond donors (Lipinski definition) is 0. The van der Waals surface area contributed by atoms with Gasteiger partial charge in [-0.05, 0) is 30.4 Å². The van der Waals surface area contributed by atoms with E-state index in [1.54, 1.807) is 0 Å². The van der Waals surface area contributed by atoms with Crippen LogP contribution in [0.1, 0.15) is 26.7 Å². The Morgan fingerprint density at radius 3 is 2.59 bits per heavy atom. The molecule has 0 unspecified atom stereocenters. The van der Waals surface area contributed by atoms with Crippen LogP contribution >= 0.6 is 11.6 Å². The van der Waals surface area contributed by atoms with Crippen molar-refractivity contribution in [2.45, 2.75) is 26.7 Å². The van der Waals surface area contributed by atoms with E-state index in [4.69, 9.17) is 11.6 Å². The Morgan fingerprint density at radius 2 is 1.85 bits per heavy atom. The monoisotopic (exact) mass is 395 g/mol. The maximum atomic E-state index is 14.6. The molecule has 1 aromatic carbocycles. The Morgan fingerprint density at radius 1 is 1.11 bits per heavy atom. The summed E-state index contributed by atoms with van der Waals surface area (Å²) in [7, 11) is 0. The smallest absolute Gasteiger partial charge is 0.255 e. The van der Waals surface area contributed by atoms with Crippen molar-refractivity contribution in [1.82, 2.24) is 19.6 Å². The third-order valence-corrected chi connectivity index (χ3v) is 5.13. The van der Waals surface area contributed by atoms with Crippen LogP contribution in [0.25, 0.3) is 16.9 Å². The van der Waals surface area contributed by atoms with Gasteiger partial charge in [-0.25, -0.2) is 13.2 Å². The maximum absolute atomic E-state index is 14.6. The van der Waals surface area contributed by atoms with Gasteiger partial charge in [-0.1, -0.05) is 25.4 Å². The summed E-state index contributed by atoms with van der Waals surface area (Å²) >= 11 is 6.31. The highest BCUT2D eigenvalue weighted by atomic mass is 35.5. The minimum atomic E-state index is -1.31. The molecule has 4 rings (SSSR count). The highest BCUT2D eigenvalue weighted by molar-refractivity contribution is 6.33. The second-order valence-corrected chi connectivity index (χ2v) is 7.84. The largest absolute Gasteiger partial charge is 0.355 e. The highest BCUT2D eigenvalue weighted by Gasteiger charge is 2.33. The molecule has 1 aliphatic rings. The topological polar surface area (TPSA) is 46.3 Å². The lowest BCUT2D eigenvalue weighted by atomic mass is 9.84. The van der Waals surface area contributed by atoms with Crippen LogP contribution in [0.3, 0.4) is 0 Å². The summed E-state index contributed by atoms with van der Waals surface area (Å²) in [5.41, 5.74) is -0.595. The molecule has 9 heteroatoms. The molecule has 0 saturated carbocycles. The summed E-state index contributed by atoms with van der Waals surface area (Å²) in [6, 6.07) is 1.62. The van der Waals surface area contributed by atoms with Crippen LogP contribution in [-0.2, 0) is 0 Å². The van der Waals surface area contributed by atoms with Gasteiger partial charge in [-0.2, -0.15) is 19.6 Å². The predicted molar refractivity (Wildman–Crippen MR) is 96.3 cm³/mol. The first-order chi connectivity index (χ1) is 12.8. The zero-order valence-electron chi connectivity index (χ0n) is 14.8. The molecule has 3 heterocycles. The van der Waals surface area contributed by atoms with Crippen LogP contribution in [-0.4, -0.2) is 32.7 Å². The van der Waals surface area contributed by atoms with Crippen molar-refractivity contribution in [3.63, 3.8) is 0 Å². The van der Waals surface area contributed by atoms with Crippen LogP contribution < -0.4 is 4.90 Å². The van der Waals surface area contributed by atoms with Gasteiger partial charge in [0.05, 0.1) is 11.1 Å². The third-order valence-electron chi connectivity index (χ3n) is 4.85. The minimum Gasteiger partial charge on any atom is -0.355 e. The molecule has 0 atom stereocenters. The van der Waals surface area contributed by atoms with Gasteiger partial charge >= 0.3 is 0 Å². The summed E-state index contributed by atoms with van der Waals surface area (Å²) in [6.45, 7) is 5.49. The number of rotatable bonds is 2. The molecule has 0 bridgehead atoms. The van der Waals surface area contributed by atoms with Crippen LogP contribution in [0.2, 0.25) is 5.15 Å². The Bertz CT molecular complexity index is 1030. The summed E-state index contributed by atoms with van der Waals surface area (Å²) in [4.78, 5) is 10.1. The molecule has 1 fully saturated rings. The molecule has 1 saturated heterocycles. The van der Waals surface area contributed by atoms with E-state index in [1.165, 1.54) is 10.8 Å². The summed E-state index contributed by atoms with van der Waals surface area (Å²) in [5.74, 6) is -2.82. The van der Waals surface area contributed by atoms with E-state index in [0.29, 0.717) is 18.9 Å². The van der Waals surface area contributed by atoms with Gasteiger partial charge in [-0.15, -0.1) is 0 Å². The standard InChI is InChI=1S/C18H17ClF3N5/c1-18(2)6-3-7-26(8-18)16-13(12-10(20)4-5-11(21)14(12)22)15(19)25-17-23-9-24-27(16)17/h4-5,9H,3,6-8H2,1-2H3. The van der Waals surface area contributed by atoms with E-state index < -0.39 is 23.0 Å². The van der Waals surface area contributed by atoms with Crippen LogP contribution in [0, 0.1) is 22.9 Å². The van der Waals surface area contributed by atoms with Crippen molar-refractivity contribution < 1.29 is 13.2 Å². The SMILES string of the molecule is CC1(C)CCCN(c2c(-c3c(F)ccc(F)c3F)c(Cl)nc3ncnn23)C1. The van der Waals surface area contributed by atoms with Gasteiger partial charge in [0, 0.05) is 13.1 Å². The number of fused-ring (bicyclic) bond motifs is 1. The fourth-order valence-electron chi connectivity index (χ4n) is 3.67. The van der Waals surface area contributed by atoms with Gasteiger partial charge in [0.2, 0.25) is 0 Å². The van der Waals surface area contributed by atoms with E-state index >= 15 is 0 Å². The zero-order chi connectivity index (χ0) is 19.3. The lowest BCUT2D eigenvalue weighted by Crippen LogP contribution is -2.41. The average molecular weight is 396 g/mol. The van der Waals surface area contributed by atoms with Crippen molar-refractivity contribution in [1.29, 1.82) is 0 Å². The average Bonchev–Trinajstić information content (AvgIpc) is 3.05. The second-order valence-electron chi connectivity index (χ2n) is 7.48. The molecule has 0 amide bonds. The molecule has 0 aliphatic carbocycles. The highest BCUT2D eigenvalue weighted by Crippen LogP contribution is 2.42. The molecule has 0 N–H and O–H groups in total. The number of piperidine rings is 1. The normalized spacial score (nSPS) is 16.9. The predicted octanol–water partition coefficient (Wildman–Crippen LogP) is 4.49. The van der Waals surface area contributed by atoms with Crippen molar-refractivity contribution in [3.05, 3.63) is 41.1 Å². The molecule has 142 valence electrons. The first-order valence-electron chi connectivity index (χ1n) is 8.56. The summed E-state index contributed by atoms with van der Waals surface area (Å²) < 4.78 is 44.4. The first-order valence-corrected chi connectivity index (χ1v) is 8.94. The minimum absolute atomic E-state index is 0.0167. The van der Waals surface area contributed by atoms with E-state index in [0.717, 1.165) is 25.0 Å². The van der Waals surface area contributed by atoms with E-state index in [1.807, 2.05) is 4.90 Å². The molecular weight excluding hydrogens is 379 g/mol. The van der Waals surface area contributed by atoms with Gasteiger partial charge < -0.3 is 4.90 Å². The number of nitrogens with zero attached hydrogens (tertiary/aromatic N) is 5. The fraction of sp³-hybridized carbons (Fsp3) is 0.389. The third kappa shape index (κ3) is 3.01. The summed E-state index contributed by atoms with van der Waals surface area (Å²) in [5, 5.41) is 4.00. The first kappa shape index (κ1) is 18.0. The van der Waals surface area contributed by atoms with Crippen molar-refractivity contribution >= 4 is 23.2 Å². The number of hydrogen-bond acceptors (Lipinski definition) is 4. The number of anilines is 1. The van der Waals surface area contributed by atoms with Crippen LogP contribution in [0.4, 0.5) is 19.0 Å². The Balaban J connectivity index is 2.04. The molecule has 5 nitrogen and oxygen atoms in total. The molecule has 1 aliphatic heterocycles. The van der Waals surface area contributed by atoms with E-state index in [-0.39, 0.29) is 21.9 Å². The summed E-state index contributed by atoms with van der Waals surface area (Å²) in [6.07, 6.45) is 3.19. The zero-order valence-corrected chi connectivity index (χ0v) is 15.6. The Kier molecular flexibility index (Phi) is 4.25. The van der Waals surface area contributed by atoms with Gasteiger partial charge in [0.25, 0.3) is 5.78 Å². The van der Waals surface area contributed by atoms with Crippen LogP contribution in [0.15, 0.2) is 18.5 Å². The van der Waals surface area contributed by atoms with Gasteiger partial charge in [0.1, 0.15) is 23.1 Å². The quantitative estimate of drug-likeness (QED) is 0.474. The van der Waals surface area contributed by atoms with Crippen molar-refractivity contribution in [2.75, 3.05) is 18.0 Å². The number of aromatic nitrogens is 4. The molecule has 0 radical (unpaired) electrons. The Labute approximate surface area is 158 Å². The molecule has 0 spiro atoms. The van der Waals surface area contributed by atoms with Crippen LogP contribution in [0.5, 0.6) is 0 Å². The second kappa shape index (κ2) is 6.37. The fourth-order valence-corrected chi connectivity index (χ4v) is 3.92. The lowest BCUT2D eigenvalue weighted by molar-refractivity contribution is 0.291. The number of halogens is 4. The van der Waals surface area contributed by atoms with E-state index in [9.17, 15) is 13.2 Å². The van der Waals surface area contributed by atoms with E-state index in [2.05, 4.69) is 28.9 Å². The Hall–Kier alpha value is -2.35. The maximum Gasteiger partial charge on any atom is 0.255 e. The number of benzene rings is 1.